The van der Waals surface area contributed by atoms with Gasteiger partial charge in [-0.25, -0.2) is 0 Å². The molecule has 0 bridgehead atoms. The molecule has 7 heteroatoms. The Hall–Kier alpha value is -1.37. The van der Waals surface area contributed by atoms with E-state index in [0.717, 1.165) is 58.0 Å². The number of halogens is 1. The Labute approximate surface area is 420 Å². The third kappa shape index (κ3) is 28.9. The van der Waals surface area contributed by atoms with E-state index in [1.165, 1.54) is 186 Å². The predicted molar refractivity (Wildman–Crippen MR) is 288 cm³/mol. The molecule has 0 heterocycles. The van der Waals surface area contributed by atoms with Crippen LogP contribution in [0.15, 0.2) is 24.3 Å². The summed E-state index contributed by atoms with van der Waals surface area (Å²) < 4.78 is 0. The van der Waals surface area contributed by atoms with Gasteiger partial charge in [-0.15, -0.1) is 11.6 Å². The van der Waals surface area contributed by atoms with Crippen LogP contribution in [-0.4, -0.2) is 62.8 Å². The van der Waals surface area contributed by atoms with Crippen LogP contribution in [0.5, 0.6) is 0 Å². The molecule has 0 radical (unpaired) electrons. The Bertz CT molecular complexity index is 1190. The van der Waals surface area contributed by atoms with Gasteiger partial charge in [0.15, 0.2) is 0 Å². The Morgan fingerprint density at radius 3 is 1.42 bits per heavy atom. The minimum atomic E-state index is -0.884. The maximum atomic E-state index is 13.8. The molecule has 392 valence electrons. The summed E-state index contributed by atoms with van der Waals surface area (Å²) in [6, 6.07) is 0. The largest absolute Gasteiger partial charge is 0.481 e. The quantitative estimate of drug-likeness (QED) is 0.0321. The Kier molecular flexibility index (Phi) is 38.0. The van der Waals surface area contributed by atoms with Crippen LogP contribution in [0.25, 0.3) is 0 Å². The van der Waals surface area contributed by atoms with Crippen LogP contribution in [0.2, 0.25) is 0 Å². The number of unbranched alkanes of at least 4 members (excludes halogenated alkanes) is 30. The van der Waals surface area contributed by atoms with Crippen molar-refractivity contribution in [1.29, 1.82) is 0 Å². The fraction of sp³-hybridized carbons (Fsp3) is 0.900. The van der Waals surface area contributed by atoms with Crippen molar-refractivity contribution in [1.82, 2.24) is 4.90 Å². The molecule has 0 aromatic rings. The summed E-state index contributed by atoms with van der Waals surface area (Å²) in [4.78, 5) is 28.3. The zero-order chi connectivity index (χ0) is 48.6. The van der Waals surface area contributed by atoms with Crippen LogP contribution in [0.3, 0.4) is 0 Å². The van der Waals surface area contributed by atoms with Gasteiger partial charge in [-0.2, -0.15) is 0 Å². The monoisotopic (exact) mass is 960 g/mol. The molecule has 0 aromatic carbocycles. The average Bonchev–Trinajstić information content (AvgIpc) is 3.57. The Morgan fingerprint density at radius 2 is 1.04 bits per heavy atom. The summed E-state index contributed by atoms with van der Waals surface area (Å²) in [6.45, 7) is 8.22. The number of allylic oxidation sites excluding steroid dienone is 2. The summed E-state index contributed by atoms with van der Waals surface area (Å²) in [5, 5.41) is 31.8. The van der Waals surface area contributed by atoms with Crippen LogP contribution in [0, 0.1) is 23.2 Å². The molecule has 6 atom stereocenters. The zero-order valence-corrected chi connectivity index (χ0v) is 45.1. The Morgan fingerprint density at radius 1 is 0.627 bits per heavy atom. The molecule has 67 heavy (non-hydrogen) atoms. The lowest BCUT2D eigenvalue weighted by atomic mass is 9.63. The van der Waals surface area contributed by atoms with Gasteiger partial charge in [0.1, 0.15) is 0 Å². The number of rotatable bonds is 47. The van der Waals surface area contributed by atoms with Crippen molar-refractivity contribution in [3.63, 3.8) is 0 Å². The molecule has 2 fully saturated rings. The smallest absolute Gasteiger partial charge is 0.307 e. The lowest BCUT2D eigenvalue weighted by Crippen LogP contribution is -2.40. The Balaban J connectivity index is 1.76. The van der Waals surface area contributed by atoms with Crippen molar-refractivity contribution in [2.75, 3.05) is 13.1 Å². The summed E-state index contributed by atoms with van der Waals surface area (Å²) in [7, 11) is 0. The number of carboxylic acid groups (broad SMARTS) is 1. The summed E-state index contributed by atoms with van der Waals surface area (Å²) in [5.74, 6) is -1.55. The number of carboxylic acids is 1. The minimum Gasteiger partial charge on any atom is -0.481 e. The first-order chi connectivity index (χ1) is 32.7. The van der Waals surface area contributed by atoms with Crippen LogP contribution in [0.4, 0.5) is 0 Å². The van der Waals surface area contributed by atoms with Crippen molar-refractivity contribution in [3.05, 3.63) is 24.3 Å². The number of amides is 1. The highest BCUT2D eigenvalue weighted by Crippen LogP contribution is 2.48. The fourth-order valence-corrected chi connectivity index (χ4v) is 11.7. The highest BCUT2D eigenvalue weighted by Gasteiger charge is 2.42. The number of aliphatic carboxylic acids is 1. The number of aliphatic hydroxyl groups excluding tert-OH is 2. The first-order valence-corrected chi connectivity index (χ1v) is 29.9. The van der Waals surface area contributed by atoms with E-state index in [-0.39, 0.29) is 41.1 Å². The molecule has 6 nitrogen and oxygen atoms in total. The first kappa shape index (κ1) is 61.7. The summed E-state index contributed by atoms with van der Waals surface area (Å²) >= 11 is 6.75. The van der Waals surface area contributed by atoms with Gasteiger partial charge in [0.2, 0.25) is 5.91 Å². The maximum absolute atomic E-state index is 13.8. The van der Waals surface area contributed by atoms with Crippen LogP contribution < -0.4 is 0 Å². The molecule has 3 N–H and O–H groups in total. The van der Waals surface area contributed by atoms with Gasteiger partial charge in [-0.05, 0) is 75.5 Å². The molecule has 0 aliphatic heterocycles. The topological polar surface area (TPSA) is 98.1 Å². The van der Waals surface area contributed by atoms with E-state index in [0.29, 0.717) is 32.1 Å². The highest BCUT2D eigenvalue weighted by molar-refractivity contribution is 6.21. The number of hydrogen-bond acceptors (Lipinski definition) is 4. The standard InChI is InChI=1S/C60H110ClNO5/c1-4-7-9-11-13-15-17-19-21-23-25-27-29-31-33-38-48-62(49-39-34-32-30-28-26-24-22-20-18-16-14-12-10-8-5-2)58(65)50-52(59(66)67)42-36-35-37-43-53-54(56(63)51-55(53)61)44-40-45-57(64)60(6-3)46-41-47-60/h35,37,40,44,52-57,63-64H,4-34,36,38-39,41-43,45-51H2,1-3H3,(H,66,67)/b37-35-,44-40+/t52?,53-,54-,55-,56-,57+/m1/s1. The van der Waals surface area contributed by atoms with E-state index in [1.54, 1.807) is 0 Å². The molecule has 0 saturated heterocycles. The van der Waals surface area contributed by atoms with Crippen molar-refractivity contribution >= 4 is 23.5 Å². The maximum Gasteiger partial charge on any atom is 0.307 e. The molecule has 2 saturated carbocycles. The molecule has 2 rings (SSSR count). The van der Waals surface area contributed by atoms with Crippen molar-refractivity contribution in [2.24, 2.45) is 23.2 Å². The third-order valence-corrected chi connectivity index (χ3v) is 16.8. The van der Waals surface area contributed by atoms with Crippen molar-refractivity contribution < 1.29 is 24.9 Å². The van der Waals surface area contributed by atoms with Gasteiger partial charge in [-0.1, -0.05) is 244 Å². The van der Waals surface area contributed by atoms with Gasteiger partial charge in [0, 0.05) is 30.8 Å². The summed E-state index contributed by atoms with van der Waals surface area (Å²) in [5.41, 5.74) is 0.0587. The second-order valence-corrected chi connectivity index (χ2v) is 22.4. The molecular formula is C60H110ClNO5. The molecule has 0 aromatic heterocycles. The highest BCUT2D eigenvalue weighted by atomic mass is 35.5. The predicted octanol–water partition coefficient (Wildman–Crippen LogP) is 17.6. The second kappa shape index (κ2) is 41.3. The molecule has 2 aliphatic carbocycles. The van der Waals surface area contributed by atoms with Crippen molar-refractivity contribution in [3.8, 4) is 0 Å². The molecular weight excluding hydrogens is 850 g/mol. The van der Waals surface area contributed by atoms with Crippen LogP contribution >= 0.6 is 11.6 Å². The van der Waals surface area contributed by atoms with E-state index in [9.17, 15) is 24.9 Å². The lowest BCUT2D eigenvalue weighted by molar-refractivity contribution is -0.146. The SMILES string of the molecule is CCCCCCCCCCCCCCCCCCN(CCCCCCCCCCCCCCCCCC)C(=O)CC(CC/C=C\C[C@@H]1[C@@H](/C=C/C[C@H](O)C2(CC)CCC2)[C@H](O)C[C@H]1Cl)C(=O)O. The molecule has 0 spiro atoms. The normalized spacial score (nSPS) is 20.2. The minimum absolute atomic E-state index is 0.00476. The average molecular weight is 961 g/mol. The van der Waals surface area contributed by atoms with E-state index in [1.807, 2.05) is 11.0 Å². The molecule has 1 amide bonds. The van der Waals surface area contributed by atoms with Gasteiger partial charge in [0.05, 0.1) is 18.1 Å². The summed E-state index contributed by atoms with van der Waals surface area (Å²) in [6.07, 6.45) is 57.1. The number of carbonyl (C=O) groups excluding carboxylic acids is 1. The van der Waals surface area contributed by atoms with E-state index in [2.05, 4.69) is 39.0 Å². The number of alkyl halides is 1. The van der Waals surface area contributed by atoms with Gasteiger partial charge in [-0.3, -0.25) is 9.59 Å². The van der Waals surface area contributed by atoms with Crippen molar-refractivity contribution in [2.45, 2.75) is 308 Å². The number of aliphatic hydroxyl groups is 2. The van der Waals surface area contributed by atoms with E-state index >= 15 is 0 Å². The van der Waals surface area contributed by atoms with Crippen LogP contribution in [-0.2, 0) is 9.59 Å². The molecule has 1 unspecified atom stereocenters. The van der Waals surface area contributed by atoms with E-state index in [4.69, 9.17) is 11.6 Å². The number of nitrogens with zero attached hydrogens (tertiary/aromatic N) is 1. The second-order valence-electron chi connectivity index (χ2n) is 21.8. The number of hydrogen-bond donors (Lipinski definition) is 3. The lowest BCUT2D eigenvalue weighted by Gasteiger charge is -2.45. The van der Waals surface area contributed by atoms with Gasteiger partial charge >= 0.3 is 5.97 Å². The number of carbonyl (C=O) groups is 2. The van der Waals surface area contributed by atoms with Gasteiger partial charge in [0.25, 0.3) is 0 Å². The van der Waals surface area contributed by atoms with E-state index < -0.39 is 18.0 Å². The zero-order valence-electron chi connectivity index (χ0n) is 44.4. The first-order valence-electron chi connectivity index (χ1n) is 29.5. The fourth-order valence-electron chi connectivity index (χ4n) is 11.2. The van der Waals surface area contributed by atoms with Gasteiger partial charge < -0.3 is 20.2 Å². The molecule has 2 aliphatic rings. The third-order valence-electron chi connectivity index (χ3n) is 16.3. The van der Waals surface area contributed by atoms with Crippen LogP contribution in [0.1, 0.15) is 290 Å².